The van der Waals surface area contributed by atoms with Gasteiger partial charge >= 0.3 is 0 Å². The maximum Gasteiger partial charge on any atom is 0.159 e. The van der Waals surface area contributed by atoms with Gasteiger partial charge in [-0.3, -0.25) is 4.79 Å². The highest BCUT2D eigenvalue weighted by molar-refractivity contribution is 5.94. The van der Waals surface area contributed by atoms with Gasteiger partial charge in [0.2, 0.25) is 0 Å². The molecule has 0 amide bonds. The summed E-state index contributed by atoms with van der Waals surface area (Å²) in [4.78, 5) is 11.2. The van der Waals surface area contributed by atoms with Crippen molar-refractivity contribution in [3.05, 3.63) is 35.4 Å². The Hall–Kier alpha value is -1.61. The van der Waals surface area contributed by atoms with E-state index in [1.807, 2.05) is 19.9 Å². The maximum atomic E-state index is 11.2. The third-order valence-electron chi connectivity index (χ3n) is 2.62. The molecule has 17 heavy (non-hydrogen) atoms. The van der Waals surface area contributed by atoms with E-state index >= 15 is 0 Å². The van der Waals surface area contributed by atoms with E-state index in [9.17, 15) is 9.90 Å². The number of Topliss-reactive ketones (excluding diaryl/α,β-unsaturated/α-hetero) is 1. The molecule has 92 valence electrons. The summed E-state index contributed by atoms with van der Waals surface area (Å²) in [5.74, 6) is 0.129. The Morgan fingerprint density at radius 2 is 2.06 bits per heavy atom. The van der Waals surface area contributed by atoms with Gasteiger partial charge in [0.25, 0.3) is 0 Å². The molecule has 0 saturated carbocycles. The largest absolute Gasteiger partial charge is 0.507 e. The molecule has 0 aliphatic carbocycles. The number of hydrogen-bond acceptors (Lipinski definition) is 3. The minimum Gasteiger partial charge on any atom is -0.507 e. The number of carbonyl (C=O) groups excluding carboxylic acids is 1. The standard InChI is InChI=1S/C14H18O3/c1-10(15)11-5-6-13(16)12(9-11)7-8-14(2,3)17-4/h5-9,16H,1-4H3/b8-7+. The first-order valence-electron chi connectivity index (χ1n) is 5.44. The van der Waals surface area contributed by atoms with Crippen LogP contribution in [-0.4, -0.2) is 23.6 Å². The zero-order valence-corrected chi connectivity index (χ0v) is 10.7. The van der Waals surface area contributed by atoms with Crippen LogP contribution in [0.15, 0.2) is 24.3 Å². The SMILES string of the molecule is COC(C)(C)/C=C/c1cc(C(C)=O)ccc1O. The second-order valence-corrected chi connectivity index (χ2v) is 4.47. The van der Waals surface area contributed by atoms with Crippen molar-refractivity contribution < 1.29 is 14.6 Å². The van der Waals surface area contributed by atoms with Gasteiger partial charge in [0.05, 0.1) is 5.60 Å². The van der Waals surface area contributed by atoms with Gasteiger partial charge in [0, 0.05) is 18.2 Å². The maximum absolute atomic E-state index is 11.2. The molecule has 0 fully saturated rings. The van der Waals surface area contributed by atoms with Gasteiger partial charge in [-0.15, -0.1) is 0 Å². The second kappa shape index (κ2) is 5.15. The van der Waals surface area contributed by atoms with Crippen molar-refractivity contribution in [1.82, 2.24) is 0 Å². The smallest absolute Gasteiger partial charge is 0.159 e. The quantitative estimate of drug-likeness (QED) is 0.814. The number of aromatic hydroxyl groups is 1. The van der Waals surface area contributed by atoms with Crippen molar-refractivity contribution in [1.29, 1.82) is 0 Å². The summed E-state index contributed by atoms with van der Waals surface area (Å²) in [6.45, 7) is 5.32. The lowest BCUT2D eigenvalue weighted by molar-refractivity contribution is 0.0663. The Kier molecular flexibility index (Phi) is 4.07. The minimum absolute atomic E-state index is 0.0225. The first kappa shape index (κ1) is 13.5. The molecule has 0 heterocycles. The molecule has 0 saturated heterocycles. The fourth-order valence-electron chi connectivity index (χ4n) is 1.27. The molecule has 1 rings (SSSR count). The van der Waals surface area contributed by atoms with Crippen LogP contribution in [0.4, 0.5) is 0 Å². The van der Waals surface area contributed by atoms with Crippen LogP contribution in [0.1, 0.15) is 36.7 Å². The summed E-state index contributed by atoms with van der Waals surface area (Å²) < 4.78 is 5.24. The monoisotopic (exact) mass is 234 g/mol. The number of rotatable bonds is 4. The van der Waals surface area contributed by atoms with Crippen molar-refractivity contribution in [3.8, 4) is 5.75 Å². The third-order valence-corrected chi connectivity index (χ3v) is 2.62. The molecule has 3 nitrogen and oxygen atoms in total. The molecule has 0 aliphatic heterocycles. The van der Waals surface area contributed by atoms with Crippen LogP contribution in [0.3, 0.4) is 0 Å². The number of ether oxygens (including phenoxy) is 1. The van der Waals surface area contributed by atoms with E-state index in [-0.39, 0.29) is 11.5 Å². The average Bonchev–Trinajstić information content (AvgIpc) is 2.27. The molecule has 0 atom stereocenters. The summed E-state index contributed by atoms with van der Waals surface area (Å²) >= 11 is 0. The molecule has 0 aliphatic rings. The summed E-state index contributed by atoms with van der Waals surface area (Å²) in [6.07, 6.45) is 3.59. The number of carbonyl (C=O) groups is 1. The molecule has 0 spiro atoms. The molecule has 3 heteroatoms. The predicted molar refractivity (Wildman–Crippen MR) is 68.2 cm³/mol. The van der Waals surface area contributed by atoms with E-state index in [1.54, 1.807) is 25.3 Å². The Morgan fingerprint density at radius 3 is 2.59 bits per heavy atom. The van der Waals surface area contributed by atoms with Gasteiger partial charge in [0.15, 0.2) is 5.78 Å². The van der Waals surface area contributed by atoms with Crippen LogP contribution in [0, 0.1) is 0 Å². The molecule has 0 radical (unpaired) electrons. The number of hydrogen-bond donors (Lipinski definition) is 1. The number of ketones is 1. The Balaban J connectivity index is 3.06. The molecule has 1 N–H and O–H groups in total. The number of benzene rings is 1. The van der Waals surface area contributed by atoms with E-state index in [0.717, 1.165) is 0 Å². The van der Waals surface area contributed by atoms with E-state index in [0.29, 0.717) is 11.1 Å². The highest BCUT2D eigenvalue weighted by Gasteiger charge is 2.11. The zero-order chi connectivity index (χ0) is 13.1. The van der Waals surface area contributed by atoms with Gasteiger partial charge in [0.1, 0.15) is 5.75 Å². The zero-order valence-electron chi connectivity index (χ0n) is 10.7. The Morgan fingerprint density at radius 1 is 1.41 bits per heavy atom. The Bertz CT molecular complexity index is 445. The number of phenols is 1. The van der Waals surface area contributed by atoms with Gasteiger partial charge in [-0.1, -0.05) is 12.2 Å². The lowest BCUT2D eigenvalue weighted by Gasteiger charge is -2.17. The lowest BCUT2D eigenvalue weighted by Crippen LogP contribution is -2.18. The molecule has 0 unspecified atom stereocenters. The lowest BCUT2D eigenvalue weighted by atomic mass is 10.0. The van der Waals surface area contributed by atoms with Crippen LogP contribution >= 0.6 is 0 Å². The fraction of sp³-hybridized carbons (Fsp3) is 0.357. The van der Waals surface area contributed by atoms with Crippen LogP contribution in [0.5, 0.6) is 5.75 Å². The molecular formula is C14H18O3. The number of methoxy groups -OCH3 is 1. The second-order valence-electron chi connectivity index (χ2n) is 4.47. The summed E-state index contributed by atoms with van der Waals surface area (Å²) in [5.41, 5.74) is 0.791. The summed E-state index contributed by atoms with van der Waals surface area (Å²) in [7, 11) is 1.62. The van der Waals surface area contributed by atoms with Crippen LogP contribution in [0.25, 0.3) is 6.08 Å². The summed E-state index contributed by atoms with van der Waals surface area (Å²) in [6, 6.07) is 4.80. The van der Waals surface area contributed by atoms with E-state index < -0.39 is 5.60 Å². The van der Waals surface area contributed by atoms with Crippen LogP contribution in [-0.2, 0) is 4.74 Å². The molecule has 0 bridgehead atoms. The van der Waals surface area contributed by atoms with Crippen molar-refractivity contribution in [2.24, 2.45) is 0 Å². The van der Waals surface area contributed by atoms with Gasteiger partial charge in [-0.25, -0.2) is 0 Å². The van der Waals surface area contributed by atoms with Gasteiger partial charge < -0.3 is 9.84 Å². The fourth-order valence-corrected chi connectivity index (χ4v) is 1.27. The Labute approximate surface area is 102 Å². The van der Waals surface area contributed by atoms with Crippen molar-refractivity contribution in [3.63, 3.8) is 0 Å². The number of phenolic OH excluding ortho intramolecular Hbond substituents is 1. The van der Waals surface area contributed by atoms with Gasteiger partial charge in [-0.2, -0.15) is 0 Å². The normalized spacial score (nSPS) is 12.0. The van der Waals surface area contributed by atoms with Crippen molar-refractivity contribution in [2.45, 2.75) is 26.4 Å². The predicted octanol–water partition coefficient (Wildman–Crippen LogP) is 3.03. The van der Waals surface area contributed by atoms with E-state index in [2.05, 4.69) is 0 Å². The highest BCUT2D eigenvalue weighted by Crippen LogP contribution is 2.22. The van der Waals surface area contributed by atoms with Crippen molar-refractivity contribution in [2.75, 3.05) is 7.11 Å². The van der Waals surface area contributed by atoms with E-state index in [4.69, 9.17) is 4.74 Å². The highest BCUT2D eigenvalue weighted by atomic mass is 16.5. The summed E-state index contributed by atoms with van der Waals surface area (Å²) in [5, 5.41) is 9.68. The van der Waals surface area contributed by atoms with Crippen molar-refractivity contribution >= 4 is 11.9 Å². The first-order chi connectivity index (χ1) is 7.85. The van der Waals surface area contributed by atoms with E-state index in [1.165, 1.54) is 13.0 Å². The minimum atomic E-state index is -0.404. The van der Waals surface area contributed by atoms with Crippen LogP contribution in [0.2, 0.25) is 0 Å². The molecule has 0 aromatic heterocycles. The topological polar surface area (TPSA) is 46.5 Å². The third kappa shape index (κ3) is 3.71. The molecular weight excluding hydrogens is 216 g/mol. The average molecular weight is 234 g/mol. The van der Waals surface area contributed by atoms with Crippen LogP contribution < -0.4 is 0 Å². The van der Waals surface area contributed by atoms with Gasteiger partial charge in [-0.05, 0) is 39.0 Å². The molecule has 1 aromatic carbocycles. The molecule has 1 aromatic rings. The first-order valence-corrected chi connectivity index (χ1v) is 5.44.